The van der Waals surface area contributed by atoms with Crippen molar-refractivity contribution in [2.75, 3.05) is 0 Å². The minimum absolute atomic E-state index is 0.0981. The van der Waals surface area contributed by atoms with E-state index in [4.69, 9.17) is 9.47 Å². The van der Waals surface area contributed by atoms with Crippen molar-refractivity contribution in [2.45, 2.75) is 33.5 Å². The molecule has 0 aliphatic carbocycles. The topological polar surface area (TPSA) is 52.8 Å². The first kappa shape index (κ1) is 16.1. The van der Waals surface area contributed by atoms with Gasteiger partial charge < -0.3 is 13.9 Å². The molecule has 0 atom stereocenters. The molecular formula is C19H20N2O3. The zero-order chi connectivity index (χ0) is 17.1. The molecule has 5 nitrogen and oxygen atoms in total. The van der Waals surface area contributed by atoms with Crippen LogP contribution in [0.4, 0.5) is 0 Å². The Bertz CT molecular complexity index is 851. The quantitative estimate of drug-likeness (QED) is 0.670. The van der Waals surface area contributed by atoms with Crippen LogP contribution in [0.2, 0.25) is 0 Å². The van der Waals surface area contributed by atoms with E-state index in [-0.39, 0.29) is 18.7 Å². The molecule has 124 valence electrons. The summed E-state index contributed by atoms with van der Waals surface area (Å²) in [5, 5.41) is 0. The second kappa shape index (κ2) is 6.74. The second-order valence-electron chi connectivity index (χ2n) is 5.84. The van der Waals surface area contributed by atoms with Gasteiger partial charge in [0.15, 0.2) is 0 Å². The lowest BCUT2D eigenvalue weighted by Crippen LogP contribution is -2.08. The van der Waals surface area contributed by atoms with Gasteiger partial charge in [0.25, 0.3) is 0 Å². The van der Waals surface area contributed by atoms with E-state index in [1.54, 1.807) is 24.3 Å². The van der Waals surface area contributed by atoms with Gasteiger partial charge in [-0.2, -0.15) is 0 Å². The fourth-order valence-electron chi connectivity index (χ4n) is 2.50. The molecule has 0 bridgehead atoms. The van der Waals surface area contributed by atoms with Gasteiger partial charge in [-0.25, -0.2) is 9.78 Å². The van der Waals surface area contributed by atoms with Gasteiger partial charge in [-0.1, -0.05) is 6.07 Å². The van der Waals surface area contributed by atoms with Crippen LogP contribution in [0.15, 0.2) is 48.7 Å². The van der Waals surface area contributed by atoms with E-state index in [0.717, 1.165) is 22.8 Å². The van der Waals surface area contributed by atoms with Crippen molar-refractivity contribution in [3.8, 4) is 5.75 Å². The number of rotatable bonds is 5. The van der Waals surface area contributed by atoms with Crippen molar-refractivity contribution >= 4 is 11.6 Å². The molecule has 0 unspecified atom stereocenters. The van der Waals surface area contributed by atoms with Crippen LogP contribution < -0.4 is 4.74 Å². The van der Waals surface area contributed by atoms with Crippen molar-refractivity contribution in [2.24, 2.45) is 0 Å². The smallest absolute Gasteiger partial charge is 0.338 e. The molecule has 0 spiro atoms. The molecule has 0 N–H and O–H groups in total. The fourth-order valence-corrected chi connectivity index (χ4v) is 2.50. The molecule has 24 heavy (non-hydrogen) atoms. The lowest BCUT2D eigenvalue weighted by atomic mass is 10.2. The van der Waals surface area contributed by atoms with Gasteiger partial charge in [0.05, 0.1) is 23.1 Å². The first-order chi connectivity index (χ1) is 11.5. The van der Waals surface area contributed by atoms with Crippen LogP contribution in [-0.2, 0) is 11.3 Å². The summed E-state index contributed by atoms with van der Waals surface area (Å²) < 4.78 is 12.9. The van der Waals surface area contributed by atoms with Gasteiger partial charge in [0.2, 0.25) is 0 Å². The summed E-state index contributed by atoms with van der Waals surface area (Å²) in [4.78, 5) is 16.7. The van der Waals surface area contributed by atoms with Gasteiger partial charge >= 0.3 is 5.97 Å². The maximum absolute atomic E-state index is 12.2. The highest BCUT2D eigenvalue weighted by Gasteiger charge is 2.12. The van der Waals surface area contributed by atoms with Gasteiger partial charge in [-0.05, 0) is 57.2 Å². The molecule has 0 amide bonds. The minimum Gasteiger partial charge on any atom is -0.491 e. The monoisotopic (exact) mass is 324 g/mol. The predicted octanol–water partition coefficient (Wildman–Crippen LogP) is 3.79. The molecular weight excluding hydrogens is 304 g/mol. The number of nitrogens with zero attached hydrogens (tertiary/aromatic N) is 2. The molecule has 5 heteroatoms. The van der Waals surface area contributed by atoms with Gasteiger partial charge in [-0.15, -0.1) is 0 Å². The van der Waals surface area contributed by atoms with E-state index in [1.807, 2.05) is 49.6 Å². The molecule has 3 rings (SSSR count). The van der Waals surface area contributed by atoms with E-state index < -0.39 is 0 Å². The number of hydrogen-bond donors (Lipinski definition) is 0. The van der Waals surface area contributed by atoms with Crippen LogP contribution in [-0.4, -0.2) is 21.5 Å². The van der Waals surface area contributed by atoms with Gasteiger partial charge in [0, 0.05) is 6.20 Å². The van der Waals surface area contributed by atoms with Gasteiger partial charge in [-0.3, -0.25) is 0 Å². The molecule has 0 aliphatic heterocycles. The third kappa shape index (κ3) is 3.40. The Morgan fingerprint density at radius 3 is 2.62 bits per heavy atom. The number of fused-ring (bicyclic) bond motifs is 1. The van der Waals surface area contributed by atoms with Gasteiger partial charge in [0.1, 0.15) is 18.0 Å². The Morgan fingerprint density at radius 2 is 1.92 bits per heavy atom. The largest absolute Gasteiger partial charge is 0.491 e. The van der Waals surface area contributed by atoms with Crippen molar-refractivity contribution in [1.29, 1.82) is 0 Å². The lowest BCUT2D eigenvalue weighted by molar-refractivity contribution is 0.0466. The zero-order valence-corrected chi connectivity index (χ0v) is 14.0. The number of benzene rings is 1. The molecule has 0 radical (unpaired) electrons. The van der Waals surface area contributed by atoms with Crippen molar-refractivity contribution in [3.63, 3.8) is 0 Å². The third-order valence-corrected chi connectivity index (χ3v) is 3.63. The second-order valence-corrected chi connectivity index (χ2v) is 5.84. The number of esters is 1. The average Bonchev–Trinajstić information content (AvgIpc) is 2.88. The van der Waals surface area contributed by atoms with E-state index in [0.29, 0.717) is 5.56 Å². The lowest BCUT2D eigenvalue weighted by Gasteiger charge is -2.10. The standard InChI is InChI=1S/C19H20N2O3/c1-13(2)24-16-9-7-15(8-10-16)19(22)23-12-17-14(3)20-18-6-4-5-11-21(17)18/h4-11,13H,12H2,1-3H3. The molecule has 2 heterocycles. The van der Waals surface area contributed by atoms with Crippen LogP contribution in [0.25, 0.3) is 5.65 Å². The highest BCUT2D eigenvalue weighted by Crippen LogP contribution is 2.16. The molecule has 0 aliphatic rings. The maximum atomic E-state index is 12.2. The minimum atomic E-state index is -0.364. The fraction of sp³-hybridized carbons (Fsp3) is 0.263. The summed E-state index contributed by atoms with van der Waals surface area (Å²) in [5.41, 5.74) is 3.07. The van der Waals surface area contributed by atoms with E-state index in [9.17, 15) is 4.79 Å². The first-order valence-electron chi connectivity index (χ1n) is 7.91. The highest BCUT2D eigenvalue weighted by atomic mass is 16.5. The maximum Gasteiger partial charge on any atom is 0.338 e. The number of imidazole rings is 1. The molecule has 0 saturated carbocycles. The Labute approximate surface area is 140 Å². The molecule has 0 fully saturated rings. The average molecular weight is 324 g/mol. The molecule has 3 aromatic rings. The van der Waals surface area contributed by atoms with E-state index >= 15 is 0 Å². The Balaban J connectivity index is 1.69. The number of carbonyl (C=O) groups is 1. The number of pyridine rings is 1. The van der Waals surface area contributed by atoms with Crippen molar-refractivity contribution in [3.05, 3.63) is 65.6 Å². The summed E-state index contributed by atoms with van der Waals surface area (Å²) in [6, 6.07) is 12.7. The summed E-state index contributed by atoms with van der Waals surface area (Å²) in [5.74, 6) is 0.371. The Morgan fingerprint density at radius 1 is 1.17 bits per heavy atom. The summed E-state index contributed by atoms with van der Waals surface area (Å²) in [6.07, 6.45) is 2.01. The van der Waals surface area contributed by atoms with Crippen LogP contribution in [0.1, 0.15) is 35.6 Å². The molecule has 2 aromatic heterocycles. The number of carbonyl (C=O) groups excluding carboxylic acids is 1. The zero-order valence-electron chi connectivity index (χ0n) is 14.0. The molecule has 0 saturated heterocycles. The number of aryl methyl sites for hydroxylation is 1. The summed E-state index contributed by atoms with van der Waals surface area (Å²) in [6.45, 7) is 6.01. The normalized spacial score (nSPS) is 11.0. The van der Waals surface area contributed by atoms with Crippen LogP contribution in [0.3, 0.4) is 0 Å². The molecule has 1 aromatic carbocycles. The number of hydrogen-bond acceptors (Lipinski definition) is 4. The summed E-state index contributed by atoms with van der Waals surface area (Å²) >= 11 is 0. The Kier molecular flexibility index (Phi) is 4.51. The third-order valence-electron chi connectivity index (χ3n) is 3.63. The van der Waals surface area contributed by atoms with Crippen molar-refractivity contribution in [1.82, 2.24) is 9.38 Å². The van der Waals surface area contributed by atoms with E-state index in [1.165, 1.54) is 0 Å². The Hall–Kier alpha value is -2.82. The van der Waals surface area contributed by atoms with E-state index in [2.05, 4.69) is 4.98 Å². The number of aromatic nitrogens is 2. The summed E-state index contributed by atoms with van der Waals surface area (Å²) in [7, 11) is 0. The highest BCUT2D eigenvalue weighted by molar-refractivity contribution is 5.89. The first-order valence-corrected chi connectivity index (χ1v) is 7.91. The van der Waals surface area contributed by atoms with Crippen LogP contribution in [0, 0.1) is 6.92 Å². The van der Waals surface area contributed by atoms with Crippen LogP contribution in [0.5, 0.6) is 5.75 Å². The van der Waals surface area contributed by atoms with Crippen molar-refractivity contribution < 1.29 is 14.3 Å². The van der Waals surface area contributed by atoms with Crippen LogP contribution >= 0.6 is 0 Å². The SMILES string of the molecule is Cc1nc2ccccn2c1COC(=O)c1ccc(OC(C)C)cc1. The number of ether oxygens (including phenoxy) is 2. The predicted molar refractivity (Wildman–Crippen MR) is 91.3 cm³/mol.